The van der Waals surface area contributed by atoms with Crippen molar-refractivity contribution in [2.45, 2.75) is 6.42 Å². The molecule has 0 amide bonds. The zero-order valence-corrected chi connectivity index (χ0v) is 10.8. The van der Waals surface area contributed by atoms with Gasteiger partial charge in [-0.2, -0.15) is 0 Å². The number of hydrogen-bond acceptors (Lipinski definition) is 2. The Labute approximate surface area is 112 Å². The quantitative estimate of drug-likeness (QED) is 0.524. The minimum atomic E-state index is -0.101. The smallest absolute Gasteiger partial charge is 0.188 e. The molecule has 0 aromatic heterocycles. The maximum Gasteiger partial charge on any atom is 0.188 e. The summed E-state index contributed by atoms with van der Waals surface area (Å²) in [5, 5.41) is 0. The Kier molecular flexibility index (Phi) is 2.71. The molecule has 1 aliphatic rings. The van der Waals surface area contributed by atoms with Crippen molar-refractivity contribution in [3.05, 3.63) is 65.7 Å². The zero-order chi connectivity index (χ0) is 13.4. The third-order valence-electron chi connectivity index (χ3n) is 3.59. The molecular weight excluding hydrogens is 236 g/mol. The monoisotopic (exact) mass is 250 g/mol. The number of allylic oxidation sites excluding steroid dienone is 1. The first-order valence-electron chi connectivity index (χ1n) is 6.21. The number of hydrogen-bond donors (Lipinski definition) is 0. The number of carbonyl (C=O) groups excluding carboxylic acids is 1. The second-order valence-electron chi connectivity index (χ2n) is 4.57. The highest BCUT2D eigenvalue weighted by Gasteiger charge is 2.24. The van der Waals surface area contributed by atoms with Gasteiger partial charge < -0.3 is 4.74 Å². The first-order valence-corrected chi connectivity index (χ1v) is 6.21. The lowest BCUT2D eigenvalue weighted by atomic mass is 10.00. The van der Waals surface area contributed by atoms with Gasteiger partial charge in [0.15, 0.2) is 5.78 Å². The van der Waals surface area contributed by atoms with Gasteiger partial charge in [0.1, 0.15) is 5.75 Å². The van der Waals surface area contributed by atoms with E-state index in [4.69, 9.17) is 4.74 Å². The molecule has 0 saturated heterocycles. The lowest BCUT2D eigenvalue weighted by Crippen LogP contribution is -2.01. The van der Waals surface area contributed by atoms with Gasteiger partial charge in [0.25, 0.3) is 0 Å². The molecule has 0 radical (unpaired) electrons. The van der Waals surface area contributed by atoms with Crippen LogP contribution in [0.25, 0.3) is 11.1 Å². The summed E-state index contributed by atoms with van der Waals surface area (Å²) >= 11 is 0. The normalized spacial score (nSPS) is 11.6. The largest absolute Gasteiger partial charge is 0.496 e. The number of methoxy groups -OCH3 is 1. The van der Waals surface area contributed by atoms with Crippen LogP contribution in [0.4, 0.5) is 0 Å². The minimum absolute atomic E-state index is 0.101. The Hall–Kier alpha value is -2.35. The number of fused-ring (bicyclic) bond motifs is 3. The highest BCUT2D eigenvalue weighted by molar-refractivity contribution is 6.07. The second-order valence-corrected chi connectivity index (χ2v) is 4.57. The fraction of sp³-hybridized carbons (Fsp3) is 0.118. The van der Waals surface area contributed by atoms with E-state index < -0.39 is 0 Å². The molecule has 0 saturated carbocycles. The Balaban J connectivity index is 2.23. The molecule has 0 heterocycles. The van der Waals surface area contributed by atoms with Gasteiger partial charge in [-0.05, 0) is 28.8 Å². The molecule has 3 rings (SSSR count). The predicted molar refractivity (Wildman–Crippen MR) is 75.8 cm³/mol. The van der Waals surface area contributed by atoms with Crippen molar-refractivity contribution in [2.24, 2.45) is 0 Å². The topological polar surface area (TPSA) is 26.3 Å². The van der Waals surface area contributed by atoms with E-state index in [-0.39, 0.29) is 5.78 Å². The molecule has 2 nitrogen and oxygen atoms in total. The van der Waals surface area contributed by atoms with Gasteiger partial charge >= 0.3 is 0 Å². The van der Waals surface area contributed by atoms with Crippen LogP contribution in [0.2, 0.25) is 0 Å². The van der Waals surface area contributed by atoms with Gasteiger partial charge in [0.2, 0.25) is 0 Å². The molecule has 0 unspecified atom stereocenters. The van der Waals surface area contributed by atoms with Crippen molar-refractivity contribution in [3.8, 4) is 16.9 Å². The summed E-state index contributed by atoms with van der Waals surface area (Å²) in [5.74, 6) is 0.578. The van der Waals surface area contributed by atoms with Crippen molar-refractivity contribution in [1.82, 2.24) is 0 Å². The van der Waals surface area contributed by atoms with Gasteiger partial charge in [0.05, 0.1) is 12.7 Å². The molecule has 2 aromatic rings. The van der Waals surface area contributed by atoms with Gasteiger partial charge in [-0.15, -0.1) is 0 Å². The molecule has 0 bridgehead atoms. The van der Waals surface area contributed by atoms with Crippen LogP contribution in [0.5, 0.6) is 5.75 Å². The van der Waals surface area contributed by atoms with Gasteiger partial charge in [-0.3, -0.25) is 4.79 Å². The van der Waals surface area contributed by atoms with Crippen LogP contribution in [0.1, 0.15) is 21.5 Å². The summed E-state index contributed by atoms with van der Waals surface area (Å²) in [7, 11) is 1.61. The highest BCUT2D eigenvalue weighted by Crippen LogP contribution is 2.42. The summed E-state index contributed by atoms with van der Waals surface area (Å²) in [6.07, 6.45) is 2.14. The lowest BCUT2D eigenvalue weighted by Gasteiger charge is -2.11. The van der Waals surface area contributed by atoms with E-state index in [2.05, 4.69) is 18.7 Å². The van der Waals surface area contributed by atoms with Crippen LogP contribution in [0.3, 0.4) is 0 Å². The third kappa shape index (κ3) is 1.68. The number of ketones is 1. The Morgan fingerprint density at radius 2 is 2.00 bits per heavy atom. The number of benzene rings is 2. The van der Waals surface area contributed by atoms with E-state index in [1.165, 1.54) is 17.2 Å². The van der Waals surface area contributed by atoms with Crippen molar-refractivity contribution < 1.29 is 9.53 Å². The van der Waals surface area contributed by atoms with Crippen molar-refractivity contribution >= 4 is 5.78 Å². The lowest BCUT2D eigenvalue weighted by molar-refractivity contribution is 0.104. The number of rotatable bonds is 3. The molecule has 0 spiro atoms. The number of carbonyl (C=O) groups is 1. The fourth-order valence-electron chi connectivity index (χ4n) is 2.72. The van der Waals surface area contributed by atoms with Crippen LogP contribution in [0.15, 0.2) is 49.1 Å². The molecule has 94 valence electrons. The average molecular weight is 250 g/mol. The van der Waals surface area contributed by atoms with E-state index >= 15 is 0 Å². The average Bonchev–Trinajstić information content (AvgIpc) is 2.84. The van der Waals surface area contributed by atoms with Crippen molar-refractivity contribution in [2.75, 3.05) is 7.11 Å². The molecule has 2 heteroatoms. The maximum absolute atomic E-state index is 11.9. The standard InChI is InChI=1S/C17H14O2/c1-3-16(18)14-9-8-13-12-7-5-4-6-11(12)10-15(13)17(14)19-2/h3-9H,1,10H2,2H3. The van der Waals surface area contributed by atoms with Gasteiger partial charge in [-0.25, -0.2) is 0 Å². The van der Waals surface area contributed by atoms with E-state index in [1.54, 1.807) is 7.11 Å². The summed E-state index contributed by atoms with van der Waals surface area (Å²) < 4.78 is 5.47. The molecule has 1 aliphatic carbocycles. The Morgan fingerprint density at radius 3 is 2.74 bits per heavy atom. The summed E-state index contributed by atoms with van der Waals surface area (Å²) in [5.41, 5.74) is 5.35. The van der Waals surface area contributed by atoms with Crippen molar-refractivity contribution in [1.29, 1.82) is 0 Å². The van der Waals surface area contributed by atoms with Crippen LogP contribution < -0.4 is 4.74 Å². The molecule has 0 N–H and O–H groups in total. The first-order chi connectivity index (χ1) is 9.26. The van der Waals surface area contributed by atoms with E-state index in [1.807, 2.05) is 24.3 Å². The predicted octanol–water partition coefficient (Wildman–Crippen LogP) is 3.64. The van der Waals surface area contributed by atoms with Crippen LogP contribution in [0, 0.1) is 0 Å². The van der Waals surface area contributed by atoms with Gasteiger partial charge in [-0.1, -0.05) is 36.9 Å². The number of ether oxygens (including phenoxy) is 1. The summed E-state index contributed by atoms with van der Waals surface area (Å²) in [4.78, 5) is 11.9. The Morgan fingerprint density at radius 1 is 1.21 bits per heavy atom. The third-order valence-corrected chi connectivity index (χ3v) is 3.59. The highest BCUT2D eigenvalue weighted by atomic mass is 16.5. The van der Waals surface area contributed by atoms with Gasteiger partial charge in [0, 0.05) is 12.0 Å². The van der Waals surface area contributed by atoms with E-state index in [0.29, 0.717) is 11.3 Å². The van der Waals surface area contributed by atoms with E-state index in [9.17, 15) is 4.79 Å². The zero-order valence-electron chi connectivity index (χ0n) is 10.8. The van der Waals surface area contributed by atoms with Crippen molar-refractivity contribution in [3.63, 3.8) is 0 Å². The van der Waals surface area contributed by atoms with Crippen LogP contribution in [-0.4, -0.2) is 12.9 Å². The molecule has 2 aromatic carbocycles. The SMILES string of the molecule is C=CC(=O)c1ccc2c(c1OC)Cc1ccccc1-2. The minimum Gasteiger partial charge on any atom is -0.496 e. The Bertz CT molecular complexity index is 684. The summed E-state index contributed by atoms with van der Waals surface area (Å²) in [6, 6.07) is 12.1. The fourth-order valence-corrected chi connectivity index (χ4v) is 2.72. The maximum atomic E-state index is 11.9. The summed E-state index contributed by atoms with van der Waals surface area (Å²) in [6.45, 7) is 3.54. The molecule has 0 atom stereocenters. The molecular formula is C17H14O2. The van der Waals surface area contributed by atoms with Crippen LogP contribution >= 0.6 is 0 Å². The second kappa shape index (κ2) is 4.39. The molecule has 19 heavy (non-hydrogen) atoms. The first kappa shape index (κ1) is 11.7. The molecule has 0 aliphatic heterocycles. The molecule has 0 fully saturated rings. The van der Waals surface area contributed by atoms with Crippen LogP contribution in [-0.2, 0) is 6.42 Å². The van der Waals surface area contributed by atoms with E-state index in [0.717, 1.165) is 17.5 Å².